The van der Waals surface area contributed by atoms with Crippen molar-refractivity contribution >= 4 is 23.8 Å². The van der Waals surface area contributed by atoms with Gasteiger partial charge in [0.05, 0.1) is 0 Å². The Labute approximate surface area is 250 Å². The monoisotopic (exact) mass is 548 g/mol. The van der Waals surface area contributed by atoms with Crippen molar-refractivity contribution in [3.8, 4) is 0 Å². The highest BCUT2D eigenvalue weighted by atomic mass is 16.4. The summed E-state index contributed by atoms with van der Waals surface area (Å²) in [4.78, 5) is 0. The van der Waals surface area contributed by atoms with Crippen LogP contribution in [-0.2, 0) is 19.3 Å². The van der Waals surface area contributed by atoms with Crippen molar-refractivity contribution in [3.63, 3.8) is 0 Å². The van der Waals surface area contributed by atoms with E-state index in [1.54, 1.807) is 22.3 Å². The average molecular weight is 549 g/mol. The molecule has 0 saturated heterocycles. The molecule has 0 saturated carbocycles. The molecule has 0 bridgehead atoms. The fourth-order valence-electron chi connectivity index (χ4n) is 7.38. The third-order valence-electron chi connectivity index (χ3n) is 9.45. The molecule has 0 amide bonds. The second-order valence-corrected chi connectivity index (χ2v) is 12.0. The highest BCUT2D eigenvalue weighted by Gasteiger charge is 2.26. The molecule has 6 aliphatic rings. The largest absolute Gasteiger partial charge is 0.484 e. The van der Waals surface area contributed by atoms with Crippen LogP contribution in [0.5, 0.6) is 0 Å². The van der Waals surface area contributed by atoms with Gasteiger partial charge in [0.25, 0.3) is 0 Å². The number of hydrogen-bond donors (Lipinski definition) is 2. The summed E-state index contributed by atoms with van der Waals surface area (Å²) in [6, 6.07) is 26.0. The first kappa shape index (κ1) is 27.0. The predicted octanol–water partition coefficient (Wildman–Crippen LogP) is 8.42. The number of fused-ring (bicyclic) bond motifs is 6. The molecule has 2 N–H and O–H groups in total. The Balaban J connectivity index is 0.000000104. The Kier molecular flexibility index (Phi) is 7.54. The van der Waals surface area contributed by atoms with Crippen LogP contribution in [0.3, 0.4) is 0 Å². The van der Waals surface area contributed by atoms with Crippen molar-refractivity contribution < 1.29 is 10.0 Å². The molecule has 0 atom stereocenters. The van der Waals surface area contributed by atoms with Gasteiger partial charge in [-0.15, -0.1) is 0 Å². The fraction of sp³-hybridized carbons (Fsp3) is 0.231. The quantitative estimate of drug-likeness (QED) is 0.300. The van der Waals surface area contributed by atoms with Crippen molar-refractivity contribution in [1.82, 2.24) is 0 Å². The lowest BCUT2D eigenvalue weighted by atomic mass is 9.72. The lowest BCUT2D eigenvalue weighted by Crippen LogP contribution is -2.17. The van der Waals surface area contributed by atoms with Gasteiger partial charge < -0.3 is 10.0 Å². The first-order valence-electron chi connectivity index (χ1n) is 15.5. The maximum absolute atomic E-state index is 9.18. The molecule has 3 heteroatoms. The Bertz CT molecular complexity index is 1640. The summed E-state index contributed by atoms with van der Waals surface area (Å²) in [7, 11) is -1.29. The normalized spacial score (nSPS) is 18.5. The molecule has 0 unspecified atom stereocenters. The first-order valence-corrected chi connectivity index (χ1v) is 15.5. The third kappa shape index (κ3) is 5.24. The van der Waals surface area contributed by atoms with Crippen LogP contribution in [0.15, 0.2) is 125 Å². The molecular formula is C39H37BO2. The molecule has 0 aromatic heterocycles. The van der Waals surface area contributed by atoms with Crippen molar-refractivity contribution in [3.05, 3.63) is 159 Å². The van der Waals surface area contributed by atoms with Crippen LogP contribution >= 0.6 is 0 Å². The Hall–Kier alpha value is -3.92. The lowest BCUT2D eigenvalue weighted by Gasteiger charge is -2.15. The van der Waals surface area contributed by atoms with E-state index in [9.17, 15) is 10.0 Å². The van der Waals surface area contributed by atoms with E-state index in [-0.39, 0.29) is 0 Å². The Morgan fingerprint density at radius 2 is 0.905 bits per heavy atom. The zero-order valence-electron chi connectivity index (χ0n) is 24.2. The van der Waals surface area contributed by atoms with Crippen molar-refractivity contribution in [2.75, 3.05) is 0 Å². The van der Waals surface area contributed by atoms with Crippen molar-refractivity contribution in [2.45, 2.75) is 57.8 Å². The van der Waals surface area contributed by atoms with E-state index in [1.807, 2.05) is 6.08 Å². The van der Waals surface area contributed by atoms with E-state index in [0.717, 1.165) is 37.6 Å². The van der Waals surface area contributed by atoms with E-state index >= 15 is 0 Å². The number of benzene rings is 3. The number of allylic oxidation sites excluding steroid dienone is 12. The molecule has 0 spiro atoms. The number of rotatable bonds is 1. The van der Waals surface area contributed by atoms with Crippen LogP contribution in [0, 0.1) is 0 Å². The molecule has 0 radical (unpaired) electrons. The molecule has 3 aromatic rings. The van der Waals surface area contributed by atoms with Gasteiger partial charge in [-0.3, -0.25) is 0 Å². The molecule has 0 aliphatic heterocycles. The minimum absolute atomic E-state index is 0.742. The summed E-state index contributed by atoms with van der Waals surface area (Å²) in [5.74, 6) is 0. The fourth-order valence-corrected chi connectivity index (χ4v) is 7.38. The third-order valence-corrected chi connectivity index (χ3v) is 9.45. The summed E-state index contributed by atoms with van der Waals surface area (Å²) < 4.78 is 0. The van der Waals surface area contributed by atoms with Gasteiger partial charge in [-0.05, 0) is 130 Å². The molecule has 2 nitrogen and oxygen atoms in total. The van der Waals surface area contributed by atoms with Gasteiger partial charge in [-0.25, -0.2) is 0 Å². The van der Waals surface area contributed by atoms with E-state index in [4.69, 9.17) is 0 Å². The summed E-state index contributed by atoms with van der Waals surface area (Å²) in [6.45, 7) is 0. The van der Waals surface area contributed by atoms with Crippen LogP contribution in [0.25, 0.3) is 16.7 Å². The van der Waals surface area contributed by atoms with Crippen molar-refractivity contribution in [2.24, 2.45) is 0 Å². The highest BCUT2D eigenvalue weighted by molar-refractivity contribution is 6.50. The highest BCUT2D eigenvalue weighted by Crippen LogP contribution is 2.41. The van der Waals surface area contributed by atoms with Gasteiger partial charge in [0.1, 0.15) is 0 Å². The molecule has 6 aliphatic carbocycles. The molecule has 0 heterocycles. The average Bonchev–Trinajstić information content (AvgIpc) is 3.72. The van der Waals surface area contributed by atoms with Crippen LogP contribution in [-0.4, -0.2) is 17.2 Å². The molecule has 42 heavy (non-hydrogen) atoms. The maximum Gasteiger partial charge on any atom is 0.484 e. The van der Waals surface area contributed by atoms with Crippen LogP contribution in [0.1, 0.15) is 71.9 Å². The zero-order chi connectivity index (χ0) is 28.5. The van der Waals surface area contributed by atoms with Crippen LogP contribution in [0.4, 0.5) is 0 Å². The summed E-state index contributed by atoms with van der Waals surface area (Å²) in [5.41, 5.74) is 18.4. The minimum Gasteiger partial charge on any atom is -0.423 e. The second-order valence-electron chi connectivity index (χ2n) is 12.0. The molecule has 208 valence electrons. The van der Waals surface area contributed by atoms with E-state index in [0.29, 0.717) is 0 Å². The van der Waals surface area contributed by atoms with Gasteiger partial charge in [0.2, 0.25) is 0 Å². The van der Waals surface area contributed by atoms with Gasteiger partial charge >= 0.3 is 7.12 Å². The van der Waals surface area contributed by atoms with Crippen LogP contribution < -0.4 is 0 Å². The standard InChI is InChI=1S/C13H13BO2.2C13H12/c15-14(16)11-5-6-13-10(8-11)7-9-3-1-2-4-12(9)13;2*1-3-7-12-10(5-1)9-11-6-2-4-8-13(11)12/h1-4,8,15-16H,5-7H2;2*1-3,5-7H,4,8-9H2. The van der Waals surface area contributed by atoms with Gasteiger partial charge in [-0.1, -0.05) is 103 Å². The molecule has 9 rings (SSSR count). The Morgan fingerprint density at radius 1 is 0.476 bits per heavy atom. The van der Waals surface area contributed by atoms with Crippen LogP contribution in [0.2, 0.25) is 0 Å². The SMILES string of the molecule is C1=CC2=C(CC1)c1ccccc1C2.C1=CC2=C(CC1)c1ccccc1C2.OB(O)C1=CC2=C(CC1)c1ccccc1C2. The minimum atomic E-state index is -1.29. The van der Waals surface area contributed by atoms with Gasteiger partial charge in [0.15, 0.2) is 0 Å². The Morgan fingerprint density at radius 3 is 1.38 bits per heavy atom. The maximum atomic E-state index is 9.18. The lowest BCUT2D eigenvalue weighted by molar-refractivity contribution is 0.416. The number of hydrogen-bond acceptors (Lipinski definition) is 2. The predicted molar refractivity (Wildman–Crippen MR) is 175 cm³/mol. The van der Waals surface area contributed by atoms with Gasteiger partial charge in [0, 0.05) is 0 Å². The smallest absolute Gasteiger partial charge is 0.423 e. The topological polar surface area (TPSA) is 40.5 Å². The second kappa shape index (κ2) is 11.8. The van der Waals surface area contributed by atoms with Crippen molar-refractivity contribution in [1.29, 1.82) is 0 Å². The van der Waals surface area contributed by atoms with E-state index < -0.39 is 7.12 Å². The summed E-state index contributed by atoms with van der Waals surface area (Å²) in [6.07, 6.45) is 21.0. The van der Waals surface area contributed by atoms with E-state index in [1.165, 1.54) is 70.2 Å². The van der Waals surface area contributed by atoms with Gasteiger partial charge in [-0.2, -0.15) is 0 Å². The summed E-state index contributed by atoms with van der Waals surface area (Å²) in [5, 5.41) is 18.4. The summed E-state index contributed by atoms with van der Waals surface area (Å²) >= 11 is 0. The molecule has 0 fully saturated rings. The van der Waals surface area contributed by atoms with E-state index in [2.05, 4.69) is 97.1 Å². The zero-order valence-corrected chi connectivity index (χ0v) is 24.2. The first-order chi connectivity index (χ1) is 20.7. The molecule has 3 aromatic carbocycles. The molecular weight excluding hydrogens is 511 g/mol.